The van der Waals surface area contributed by atoms with Crippen LogP contribution < -0.4 is 0 Å². The van der Waals surface area contributed by atoms with Crippen LogP contribution in [0.25, 0.3) is 0 Å². The fourth-order valence-corrected chi connectivity index (χ4v) is 11.0. The Hall–Kier alpha value is -0.910. The van der Waals surface area contributed by atoms with Crippen LogP contribution in [0.4, 0.5) is 0 Å². The molecule has 11 atom stereocenters. The van der Waals surface area contributed by atoms with Gasteiger partial charge in [-0.1, -0.05) is 53.2 Å². The minimum absolute atomic E-state index is 0.0181. The molecule has 5 aliphatic carbocycles. The summed E-state index contributed by atoms with van der Waals surface area (Å²) in [5.41, 5.74) is 0.0334. The zero-order chi connectivity index (χ0) is 26.7. The maximum Gasteiger partial charge on any atom is 0.314 e. The molecule has 0 saturated heterocycles. The molecule has 0 unspecified atom stereocenters. The first kappa shape index (κ1) is 26.7. The van der Waals surface area contributed by atoms with Gasteiger partial charge in [-0.25, -0.2) is 0 Å². The lowest BCUT2D eigenvalue weighted by atomic mass is 9.33. The zero-order valence-corrected chi connectivity index (χ0v) is 23.9. The smallest absolute Gasteiger partial charge is 0.314 e. The third kappa shape index (κ3) is 3.03. The summed E-state index contributed by atoms with van der Waals surface area (Å²) in [7, 11) is 1.43. The van der Waals surface area contributed by atoms with E-state index in [1.54, 1.807) is 0 Å². The Bertz CT molecular complexity index is 972. The number of allylic oxidation sites excluding steroid dienone is 1. The van der Waals surface area contributed by atoms with Crippen molar-refractivity contribution in [3.05, 3.63) is 11.6 Å². The molecule has 204 valence electrons. The van der Waals surface area contributed by atoms with Crippen molar-refractivity contribution in [3.8, 4) is 0 Å². The van der Waals surface area contributed by atoms with Crippen molar-refractivity contribution in [3.63, 3.8) is 0 Å². The van der Waals surface area contributed by atoms with Crippen molar-refractivity contribution in [1.82, 2.24) is 0 Å². The molecule has 0 spiro atoms. The van der Waals surface area contributed by atoms with Gasteiger partial charge in [-0.2, -0.15) is 0 Å². The van der Waals surface area contributed by atoms with Gasteiger partial charge in [-0.3, -0.25) is 4.79 Å². The first-order valence-corrected chi connectivity index (χ1v) is 14.4. The first-order chi connectivity index (χ1) is 16.5. The topological polar surface area (TPSA) is 87.0 Å². The molecule has 4 saturated carbocycles. The fourth-order valence-electron chi connectivity index (χ4n) is 11.0. The van der Waals surface area contributed by atoms with Gasteiger partial charge >= 0.3 is 5.97 Å². The normalized spacial score (nSPS) is 55.8. The molecular formula is C31H50O5. The molecule has 0 bridgehead atoms. The van der Waals surface area contributed by atoms with Crippen molar-refractivity contribution in [2.75, 3.05) is 7.11 Å². The average molecular weight is 503 g/mol. The minimum atomic E-state index is -0.882. The minimum Gasteiger partial charge on any atom is -0.469 e. The van der Waals surface area contributed by atoms with Crippen molar-refractivity contribution in [2.24, 2.45) is 50.2 Å². The number of rotatable bonds is 1. The Morgan fingerprint density at radius 1 is 0.889 bits per heavy atom. The second-order valence-corrected chi connectivity index (χ2v) is 15.3. The van der Waals surface area contributed by atoms with Crippen LogP contribution in [-0.2, 0) is 9.53 Å². The van der Waals surface area contributed by atoms with Crippen molar-refractivity contribution in [2.45, 2.75) is 118 Å². The van der Waals surface area contributed by atoms with Crippen LogP contribution >= 0.6 is 0 Å². The molecule has 3 N–H and O–H groups in total. The number of carbonyl (C=O) groups is 1. The number of hydrogen-bond donors (Lipinski definition) is 3. The molecule has 5 heteroatoms. The number of carbonyl (C=O) groups excluding carboxylic acids is 1. The summed E-state index contributed by atoms with van der Waals surface area (Å²) >= 11 is 0. The van der Waals surface area contributed by atoms with E-state index in [4.69, 9.17) is 4.74 Å². The molecular weight excluding hydrogens is 452 g/mol. The number of aliphatic hydroxyl groups is 3. The summed E-state index contributed by atoms with van der Waals surface area (Å²) < 4.78 is 5.19. The molecule has 0 aromatic heterocycles. The zero-order valence-electron chi connectivity index (χ0n) is 23.9. The average Bonchev–Trinajstić information content (AvgIpc) is 2.80. The van der Waals surface area contributed by atoms with Crippen LogP contribution in [-0.4, -0.2) is 46.7 Å². The lowest BCUT2D eigenvalue weighted by molar-refractivity contribution is -0.234. The SMILES string of the molecule is COC(=O)[C@]1(C)CC[C@]2(C)CC[C@]3(C)C(=CC[C@H]4[C@@]5(C)C[C@@H](O)[C@H](O)C(C)(C)[C@H]5CC[C@]43C)[C@@H]2[C@@H]1O. The van der Waals surface area contributed by atoms with Gasteiger partial charge in [0, 0.05) is 5.92 Å². The Labute approximate surface area is 218 Å². The molecule has 0 radical (unpaired) electrons. The molecule has 5 aliphatic rings. The van der Waals surface area contributed by atoms with Crippen LogP contribution in [0.5, 0.6) is 0 Å². The summed E-state index contributed by atoms with van der Waals surface area (Å²) in [6.45, 7) is 15.8. The molecule has 0 heterocycles. The highest BCUT2D eigenvalue weighted by atomic mass is 16.5. The predicted molar refractivity (Wildman–Crippen MR) is 140 cm³/mol. The second kappa shape index (κ2) is 7.82. The summed E-state index contributed by atoms with van der Waals surface area (Å²) in [6.07, 6.45) is 7.74. The molecule has 0 aromatic rings. The summed E-state index contributed by atoms with van der Waals surface area (Å²) in [6, 6.07) is 0. The van der Waals surface area contributed by atoms with E-state index in [9.17, 15) is 20.1 Å². The Morgan fingerprint density at radius 3 is 2.17 bits per heavy atom. The second-order valence-electron chi connectivity index (χ2n) is 15.3. The van der Waals surface area contributed by atoms with Crippen LogP contribution in [0.3, 0.4) is 0 Å². The number of methoxy groups -OCH3 is 1. The Kier molecular flexibility index (Phi) is 5.80. The number of esters is 1. The molecule has 5 nitrogen and oxygen atoms in total. The fraction of sp³-hybridized carbons (Fsp3) is 0.903. The van der Waals surface area contributed by atoms with E-state index in [2.05, 4.69) is 47.6 Å². The lowest BCUT2D eigenvalue weighted by Gasteiger charge is -2.72. The van der Waals surface area contributed by atoms with Gasteiger partial charge in [0.15, 0.2) is 0 Å². The maximum atomic E-state index is 12.9. The van der Waals surface area contributed by atoms with E-state index in [1.165, 1.54) is 12.7 Å². The highest BCUT2D eigenvalue weighted by Gasteiger charge is 2.70. The molecule has 36 heavy (non-hydrogen) atoms. The lowest BCUT2D eigenvalue weighted by Crippen LogP contribution is -2.67. The largest absolute Gasteiger partial charge is 0.469 e. The van der Waals surface area contributed by atoms with E-state index in [-0.39, 0.29) is 39.0 Å². The van der Waals surface area contributed by atoms with Crippen LogP contribution in [0.2, 0.25) is 0 Å². The number of aliphatic hydroxyl groups excluding tert-OH is 3. The Morgan fingerprint density at radius 2 is 1.53 bits per heavy atom. The van der Waals surface area contributed by atoms with E-state index < -0.39 is 23.7 Å². The highest BCUT2D eigenvalue weighted by molar-refractivity contribution is 5.77. The highest BCUT2D eigenvalue weighted by Crippen LogP contribution is 2.75. The summed E-state index contributed by atoms with van der Waals surface area (Å²) in [5.74, 6) is 0.412. The number of ether oxygens (including phenoxy) is 1. The van der Waals surface area contributed by atoms with Gasteiger partial charge in [0.25, 0.3) is 0 Å². The summed E-state index contributed by atoms with van der Waals surface area (Å²) in [4.78, 5) is 12.9. The maximum absolute atomic E-state index is 12.9. The van der Waals surface area contributed by atoms with Gasteiger partial charge in [0.05, 0.1) is 30.8 Å². The van der Waals surface area contributed by atoms with Crippen LogP contribution in [0.1, 0.15) is 99.8 Å². The summed E-state index contributed by atoms with van der Waals surface area (Å²) in [5, 5.41) is 33.8. The van der Waals surface area contributed by atoms with Crippen LogP contribution in [0.15, 0.2) is 11.6 Å². The van der Waals surface area contributed by atoms with Gasteiger partial charge in [-0.15, -0.1) is 0 Å². The molecule has 5 rings (SSSR count). The van der Waals surface area contributed by atoms with E-state index in [1.807, 2.05) is 6.92 Å². The standard InChI is InChI=1S/C31H50O5/c1-26(2)20-11-12-31(7)21(29(20,5)17-19(32)23(26)33)10-9-18-22-24(34)28(4,25(35)36-8)15-13-27(22,3)14-16-30(18,31)6/h9,19-24,32-34H,10-17H2,1-8H3/t19-,20-,21+,22-,23+,24+,27-,28-,29+,30-,31-/m1/s1. The molecule has 0 aliphatic heterocycles. The predicted octanol–water partition coefficient (Wildman–Crippen LogP) is 5.26. The van der Waals surface area contributed by atoms with Crippen molar-refractivity contribution < 1.29 is 24.9 Å². The van der Waals surface area contributed by atoms with Gasteiger partial charge in [0.2, 0.25) is 0 Å². The van der Waals surface area contributed by atoms with Gasteiger partial charge in [0.1, 0.15) is 0 Å². The third-order valence-electron chi connectivity index (χ3n) is 13.6. The van der Waals surface area contributed by atoms with Gasteiger partial charge in [-0.05, 0) is 97.2 Å². The van der Waals surface area contributed by atoms with E-state index in [0.717, 1.165) is 38.5 Å². The van der Waals surface area contributed by atoms with Crippen molar-refractivity contribution >= 4 is 5.97 Å². The molecule has 0 amide bonds. The van der Waals surface area contributed by atoms with Gasteiger partial charge < -0.3 is 20.1 Å². The van der Waals surface area contributed by atoms with E-state index in [0.29, 0.717) is 24.7 Å². The van der Waals surface area contributed by atoms with E-state index >= 15 is 0 Å². The third-order valence-corrected chi connectivity index (χ3v) is 13.6. The monoisotopic (exact) mass is 502 g/mol. The first-order valence-electron chi connectivity index (χ1n) is 14.4. The van der Waals surface area contributed by atoms with Crippen molar-refractivity contribution in [1.29, 1.82) is 0 Å². The quantitative estimate of drug-likeness (QED) is 0.336. The Balaban J connectivity index is 1.60. The molecule has 0 aromatic carbocycles. The van der Waals surface area contributed by atoms with Crippen LogP contribution in [0, 0.1) is 50.2 Å². The molecule has 4 fully saturated rings. The number of fused-ring (bicyclic) bond motifs is 7. The number of hydrogen-bond acceptors (Lipinski definition) is 5.